The summed E-state index contributed by atoms with van der Waals surface area (Å²) in [4.78, 5) is 17.7. The van der Waals surface area contributed by atoms with Gasteiger partial charge in [0.25, 0.3) is 0 Å². The lowest BCUT2D eigenvalue weighted by molar-refractivity contribution is 0.0734. The highest BCUT2D eigenvalue weighted by Gasteiger charge is 2.24. The van der Waals surface area contributed by atoms with E-state index in [1.54, 1.807) is 7.11 Å². The van der Waals surface area contributed by atoms with Crippen LogP contribution < -0.4 is 19.3 Å². The van der Waals surface area contributed by atoms with Crippen LogP contribution in [0.25, 0.3) is 43.3 Å². The molecule has 7 aromatic rings. The fourth-order valence-corrected chi connectivity index (χ4v) is 8.00. The summed E-state index contributed by atoms with van der Waals surface area (Å²) in [6.45, 7) is 7.82. The number of ether oxygens (including phenoxy) is 2. The van der Waals surface area contributed by atoms with Crippen molar-refractivity contribution < 1.29 is 18.7 Å². The Kier molecular flexibility index (Phi) is 9.46. The molecule has 0 atom stereocenters. The van der Waals surface area contributed by atoms with Crippen molar-refractivity contribution in [3.05, 3.63) is 120 Å². The highest BCUT2D eigenvalue weighted by molar-refractivity contribution is 6.33. The van der Waals surface area contributed by atoms with Gasteiger partial charge in [-0.2, -0.15) is 0 Å². The molecule has 6 heteroatoms. The molecule has 1 aliphatic rings. The average molecular weight is 691 g/mol. The van der Waals surface area contributed by atoms with E-state index in [9.17, 15) is 4.79 Å². The number of carbonyl (C=O) groups excluding carboxylic acids is 1. The first kappa shape index (κ1) is 33.6. The first-order valence-corrected chi connectivity index (χ1v) is 18.8. The maximum absolute atomic E-state index is 12.9. The Morgan fingerprint density at radius 3 is 2.25 bits per heavy atom. The SMILES string of the molecule is CCCCCCc1ccc(C(=O)Oc2ccc(N3CCN(c4cc5c(cc4OC)c4occc(CC)c4c4cc6ccccc6c54)CC3)cc2)cc1. The van der Waals surface area contributed by atoms with Crippen LogP contribution in [0.5, 0.6) is 11.5 Å². The van der Waals surface area contributed by atoms with Gasteiger partial charge in [-0.1, -0.05) is 69.5 Å². The number of aryl methyl sites for hydroxylation is 2. The molecule has 1 aromatic heterocycles. The van der Waals surface area contributed by atoms with Gasteiger partial charge < -0.3 is 23.7 Å². The number of hydrogen-bond acceptors (Lipinski definition) is 6. The summed E-state index contributed by atoms with van der Waals surface area (Å²) >= 11 is 0. The van der Waals surface area contributed by atoms with Gasteiger partial charge in [0.2, 0.25) is 0 Å². The Hall–Kier alpha value is -5.49. The second kappa shape index (κ2) is 14.6. The number of anilines is 2. The summed E-state index contributed by atoms with van der Waals surface area (Å²) in [6, 6.07) is 33.3. The van der Waals surface area contributed by atoms with Crippen molar-refractivity contribution in [1.82, 2.24) is 0 Å². The second-order valence-electron chi connectivity index (χ2n) is 14.0. The second-order valence-corrected chi connectivity index (χ2v) is 14.0. The molecule has 52 heavy (non-hydrogen) atoms. The zero-order valence-corrected chi connectivity index (χ0v) is 30.4. The minimum Gasteiger partial charge on any atom is -0.495 e. The van der Waals surface area contributed by atoms with E-state index >= 15 is 0 Å². The third kappa shape index (κ3) is 6.32. The molecule has 264 valence electrons. The molecule has 6 nitrogen and oxygen atoms in total. The van der Waals surface area contributed by atoms with E-state index in [0.717, 1.165) is 67.1 Å². The summed E-state index contributed by atoms with van der Waals surface area (Å²) in [5, 5.41) is 8.46. The minimum atomic E-state index is -0.331. The van der Waals surface area contributed by atoms with Crippen LogP contribution in [0.2, 0.25) is 0 Å². The molecular weight excluding hydrogens is 645 g/mol. The molecule has 0 saturated carbocycles. The topological polar surface area (TPSA) is 55.2 Å². The summed E-state index contributed by atoms with van der Waals surface area (Å²) in [6.07, 6.45) is 8.72. The van der Waals surface area contributed by atoms with E-state index in [0.29, 0.717) is 11.3 Å². The lowest BCUT2D eigenvalue weighted by atomic mass is 9.95. The number of benzene rings is 5. The lowest BCUT2D eigenvalue weighted by Crippen LogP contribution is -2.46. The van der Waals surface area contributed by atoms with Crippen molar-refractivity contribution in [1.29, 1.82) is 0 Å². The zero-order valence-electron chi connectivity index (χ0n) is 30.4. The van der Waals surface area contributed by atoms with Crippen LogP contribution in [0.15, 0.2) is 108 Å². The molecule has 0 amide bonds. The van der Waals surface area contributed by atoms with E-state index in [4.69, 9.17) is 13.9 Å². The molecule has 0 bridgehead atoms. The summed E-state index contributed by atoms with van der Waals surface area (Å²) in [7, 11) is 1.76. The Morgan fingerprint density at radius 2 is 1.50 bits per heavy atom. The van der Waals surface area contributed by atoms with Crippen LogP contribution in [0.3, 0.4) is 0 Å². The van der Waals surface area contributed by atoms with Crippen molar-refractivity contribution in [2.45, 2.75) is 52.4 Å². The molecule has 0 radical (unpaired) electrons. The number of fused-ring (bicyclic) bond motifs is 8. The van der Waals surface area contributed by atoms with Crippen molar-refractivity contribution in [2.24, 2.45) is 0 Å². The highest BCUT2D eigenvalue weighted by atomic mass is 16.5. The molecule has 1 fully saturated rings. The molecule has 0 unspecified atom stereocenters. The Balaban J connectivity index is 1.000. The van der Waals surface area contributed by atoms with E-state index in [1.165, 1.54) is 69.1 Å². The van der Waals surface area contributed by atoms with Crippen LogP contribution >= 0.6 is 0 Å². The van der Waals surface area contributed by atoms with Crippen LogP contribution in [0.4, 0.5) is 11.4 Å². The van der Waals surface area contributed by atoms with Gasteiger partial charge >= 0.3 is 5.97 Å². The zero-order chi connectivity index (χ0) is 35.6. The number of hydrogen-bond donors (Lipinski definition) is 0. The van der Waals surface area contributed by atoms with Crippen LogP contribution in [0.1, 0.15) is 61.0 Å². The molecule has 2 heterocycles. The smallest absolute Gasteiger partial charge is 0.343 e. The highest BCUT2D eigenvalue weighted by Crippen LogP contribution is 2.45. The van der Waals surface area contributed by atoms with Crippen LogP contribution in [0, 0.1) is 0 Å². The van der Waals surface area contributed by atoms with E-state index < -0.39 is 0 Å². The van der Waals surface area contributed by atoms with Crippen molar-refractivity contribution in [2.75, 3.05) is 43.1 Å². The number of carbonyl (C=O) groups is 1. The summed E-state index contributed by atoms with van der Waals surface area (Å²) < 4.78 is 18.1. The normalized spacial score (nSPS) is 13.4. The Morgan fingerprint density at radius 1 is 0.731 bits per heavy atom. The molecule has 0 aliphatic carbocycles. The van der Waals surface area contributed by atoms with Crippen molar-refractivity contribution in [3.8, 4) is 11.5 Å². The van der Waals surface area contributed by atoms with Crippen molar-refractivity contribution in [3.63, 3.8) is 0 Å². The van der Waals surface area contributed by atoms with E-state index in [1.807, 2.05) is 54.8 Å². The monoisotopic (exact) mass is 690 g/mol. The molecular formula is C46H46N2O4. The fourth-order valence-electron chi connectivity index (χ4n) is 8.00. The van der Waals surface area contributed by atoms with Gasteiger partial charge in [0.15, 0.2) is 0 Å². The van der Waals surface area contributed by atoms with E-state index in [2.05, 4.69) is 72.2 Å². The maximum atomic E-state index is 12.9. The molecule has 1 saturated heterocycles. The van der Waals surface area contributed by atoms with Crippen LogP contribution in [-0.2, 0) is 12.8 Å². The molecule has 0 spiro atoms. The van der Waals surface area contributed by atoms with Gasteiger partial charge in [-0.3, -0.25) is 0 Å². The lowest BCUT2D eigenvalue weighted by Gasteiger charge is -2.38. The fraction of sp³-hybridized carbons (Fsp3) is 0.283. The number of nitrogens with zero attached hydrogens (tertiary/aromatic N) is 2. The first-order valence-electron chi connectivity index (χ1n) is 18.8. The molecule has 8 rings (SSSR count). The van der Waals surface area contributed by atoms with Gasteiger partial charge in [0.1, 0.15) is 17.1 Å². The molecule has 1 aliphatic heterocycles. The standard InChI is InChI=1S/C46H46N2O4/c1-4-6-7-8-11-31-14-16-33(17-15-31)46(49)52-36-20-18-35(19-21-36)47-23-25-48(26-24-47)41-29-38-39(30-42(41)50-3)45-43(32(5-2)22-27-51-45)40-28-34-12-9-10-13-37(34)44(38)40/h9-10,12-22,27-30H,4-8,11,23-26H2,1-3H3. The summed E-state index contributed by atoms with van der Waals surface area (Å²) in [5.74, 6) is 1.07. The van der Waals surface area contributed by atoms with Gasteiger partial charge in [0.05, 0.1) is 24.6 Å². The van der Waals surface area contributed by atoms with Gasteiger partial charge in [-0.15, -0.1) is 0 Å². The maximum Gasteiger partial charge on any atom is 0.343 e. The predicted molar refractivity (Wildman–Crippen MR) is 215 cm³/mol. The first-order chi connectivity index (χ1) is 25.6. The Labute approximate surface area is 305 Å². The van der Waals surface area contributed by atoms with Crippen molar-refractivity contribution >= 4 is 60.6 Å². The number of esters is 1. The predicted octanol–water partition coefficient (Wildman–Crippen LogP) is 11.1. The van der Waals surface area contributed by atoms with Gasteiger partial charge in [0, 0.05) is 42.6 Å². The third-order valence-corrected chi connectivity index (χ3v) is 10.8. The van der Waals surface area contributed by atoms with Gasteiger partial charge in [-0.05, 0) is 118 Å². The summed E-state index contributed by atoms with van der Waals surface area (Å²) in [5.41, 5.74) is 6.24. The largest absolute Gasteiger partial charge is 0.495 e. The number of piperazine rings is 1. The molecule has 0 N–H and O–H groups in total. The van der Waals surface area contributed by atoms with E-state index in [-0.39, 0.29) is 5.97 Å². The number of unbranched alkanes of at least 4 members (excludes halogenated alkanes) is 3. The number of methoxy groups -OCH3 is 1. The third-order valence-electron chi connectivity index (χ3n) is 10.8. The Bertz CT molecular complexity index is 2370. The minimum absolute atomic E-state index is 0.331. The van der Waals surface area contributed by atoms with Gasteiger partial charge in [-0.25, -0.2) is 4.79 Å². The quantitative estimate of drug-likeness (QED) is 0.0583. The van der Waals surface area contributed by atoms with Crippen LogP contribution in [-0.4, -0.2) is 39.3 Å². The number of rotatable bonds is 11. The molecule has 6 aromatic carbocycles. The average Bonchev–Trinajstić information content (AvgIpc) is 3.59.